The summed E-state index contributed by atoms with van der Waals surface area (Å²) in [7, 11) is 0. The lowest BCUT2D eigenvalue weighted by atomic mass is 9.33. The van der Waals surface area contributed by atoms with E-state index in [9.17, 15) is 19.2 Å². The quantitative estimate of drug-likeness (QED) is 0.115. The largest absolute Gasteiger partial charge is 0.480 e. The van der Waals surface area contributed by atoms with Crippen molar-refractivity contribution < 1.29 is 29.0 Å². The van der Waals surface area contributed by atoms with Crippen LogP contribution in [0.2, 0.25) is 0 Å². The number of ether oxygens (including phenoxy) is 1. The monoisotopic (exact) mass is 682 g/mol. The Bertz CT molecular complexity index is 1340. The third-order valence-electron chi connectivity index (χ3n) is 15.4. The molecule has 0 aromatic carbocycles. The normalized spacial score (nSPS) is 38.7. The summed E-state index contributed by atoms with van der Waals surface area (Å²) in [5.74, 6) is 0.166. The number of aliphatic carboxylic acids is 1. The fourth-order valence-electron chi connectivity index (χ4n) is 12.3. The maximum Gasteiger partial charge on any atom is 0.322 e. The molecule has 5 aliphatic carbocycles. The first-order valence-electron chi connectivity index (χ1n) is 19.5. The van der Waals surface area contributed by atoms with Gasteiger partial charge in [-0.25, -0.2) is 0 Å². The van der Waals surface area contributed by atoms with E-state index in [-0.39, 0.29) is 68.8 Å². The van der Waals surface area contributed by atoms with E-state index in [0.717, 1.165) is 70.6 Å². The molecule has 0 aliphatic heterocycles. The van der Waals surface area contributed by atoms with Crippen LogP contribution in [0.15, 0.2) is 11.6 Å². The second-order valence-electron chi connectivity index (χ2n) is 18.8. The topological polar surface area (TPSA) is 122 Å². The number of rotatable bonds is 11. The van der Waals surface area contributed by atoms with Gasteiger partial charge in [0.25, 0.3) is 0 Å². The molecular formula is C41H66N2O6. The van der Waals surface area contributed by atoms with Crippen LogP contribution in [0.1, 0.15) is 152 Å². The van der Waals surface area contributed by atoms with Gasteiger partial charge in [-0.05, 0) is 116 Å². The van der Waals surface area contributed by atoms with Crippen molar-refractivity contribution in [3.63, 3.8) is 0 Å². The van der Waals surface area contributed by atoms with Gasteiger partial charge in [0, 0.05) is 24.8 Å². The third-order valence-corrected chi connectivity index (χ3v) is 15.4. The van der Waals surface area contributed by atoms with E-state index in [1.165, 1.54) is 6.42 Å². The van der Waals surface area contributed by atoms with Crippen LogP contribution in [0, 0.1) is 50.2 Å². The minimum atomic E-state index is -1.04. The Kier molecular flexibility index (Phi) is 10.5. The van der Waals surface area contributed by atoms with Gasteiger partial charge in [0.15, 0.2) is 0 Å². The van der Waals surface area contributed by atoms with Gasteiger partial charge < -0.3 is 20.5 Å². The number of fused-ring (bicyclic) bond motifs is 7. The Balaban J connectivity index is 1.33. The molecule has 276 valence electrons. The molecule has 4 fully saturated rings. The van der Waals surface area contributed by atoms with Gasteiger partial charge in [-0.2, -0.15) is 0 Å². The fraction of sp³-hybridized carbons (Fsp3) is 0.854. The van der Waals surface area contributed by atoms with Crippen LogP contribution in [0.5, 0.6) is 0 Å². The summed E-state index contributed by atoms with van der Waals surface area (Å²) in [5, 5.41) is 14.5. The van der Waals surface area contributed by atoms with Gasteiger partial charge in [-0.1, -0.05) is 73.5 Å². The molecule has 0 unspecified atom stereocenters. The molecule has 8 heteroatoms. The number of carbonyl (C=O) groups is 4. The highest BCUT2D eigenvalue weighted by atomic mass is 16.5. The molecule has 49 heavy (non-hydrogen) atoms. The molecule has 0 bridgehead atoms. The highest BCUT2D eigenvalue weighted by Gasteiger charge is 2.69. The maximum absolute atomic E-state index is 14.3. The summed E-state index contributed by atoms with van der Waals surface area (Å²) < 4.78 is 6.08. The van der Waals surface area contributed by atoms with Crippen LogP contribution in [-0.2, 0) is 23.9 Å². The third kappa shape index (κ3) is 6.61. The average molecular weight is 683 g/mol. The zero-order valence-electron chi connectivity index (χ0n) is 31.9. The van der Waals surface area contributed by atoms with Gasteiger partial charge >= 0.3 is 11.9 Å². The maximum atomic E-state index is 14.3. The van der Waals surface area contributed by atoms with Crippen LogP contribution in [0.3, 0.4) is 0 Å². The fourth-order valence-corrected chi connectivity index (χ4v) is 12.3. The molecule has 8 nitrogen and oxygen atoms in total. The van der Waals surface area contributed by atoms with E-state index in [1.54, 1.807) is 5.57 Å². The Labute approximate surface area is 295 Å². The van der Waals surface area contributed by atoms with Crippen LogP contribution in [-0.4, -0.2) is 48.1 Å². The first-order valence-corrected chi connectivity index (χ1v) is 19.5. The smallest absolute Gasteiger partial charge is 0.322 e. The van der Waals surface area contributed by atoms with Crippen molar-refractivity contribution in [3.05, 3.63) is 11.6 Å². The van der Waals surface area contributed by atoms with E-state index < -0.39 is 5.97 Å². The molecular weight excluding hydrogens is 616 g/mol. The van der Waals surface area contributed by atoms with Gasteiger partial charge in [0.1, 0.15) is 12.6 Å². The summed E-state index contributed by atoms with van der Waals surface area (Å²) in [5.41, 5.74) is 1.68. The van der Waals surface area contributed by atoms with Gasteiger partial charge in [-0.3, -0.25) is 19.2 Å². The zero-order valence-corrected chi connectivity index (χ0v) is 31.9. The first-order chi connectivity index (χ1) is 22.9. The Morgan fingerprint density at radius 2 is 1.57 bits per heavy atom. The number of unbranched alkanes of at least 4 members (excludes halogenated alkanes) is 2. The standard InChI is InChI=1S/C41H66N2O6/c1-9-34(47)49-31-17-18-38(6)29(37(31,4)5)16-19-40(8)30(38)15-14-27-28-25-36(2,3)20-22-41(28,23-21-39(27,40)7)35(48)42-24-12-10-11-13-32(44)43-26-33(45)46/h14,28-31H,9-13,15-26H2,1-8H3,(H,42,48)(H,43,44)(H,45,46)/t28-,29-,30+,31-,38-,39+,40+,41-/m0/s1. The molecule has 5 rings (SSSR count). The van der Waals surface area contributed by atoms with Gasteiger partial charge in [0.05, 0.1) is 5.41 Å². The van der Waals surface area contributed by atoms with Crippen molar-refractivity contribution in [2.24, 2.45) is 50.2 Å². The summed E-state index contributed by atoms with van der Waals surface area (Å²) in [6.45, 7) is 19.4. The van der Waals surface area contributed by atoms with Crippen molar-refractivity contribution >= 4 is 23.8 Å². The first kappa shape index (κ1) is 37.9. The molecule has 0 aromatic rings. The number of allylic oxidation sites excluding steroid dienone is 2. The predicted molar refractivity (Wildman–Crippen MR) is 191 cm³/mol. The van der Waals surface area contributed by atoms with Crippen molar-refractivity contribution in [2.75, 3.05) is 13.1 Å². The van der Waals surface area contributed by atoms with Crippen LogP contribution in [0.25, 0.3) is 0 Å². The molecule has 0 spiro atoms. The number of nitrogens with one attached hydrogen (secondary N) is 2. The lowest BCUT2D eigenvalue weighted by Gasteiger charge is -2.71. The second kappa shape index (κ2) is 13.6. The van der Waals surface area contributed by atoms with Crippen molar-refractivity contribution in [3.8, 4) is 0 Å². The molecule has 8 atom stereocenters. The molecule has 5 aliphatic rings. The molecule has 0 saturated heterocycles. The zero-order chi connectivity index (χ0) is 36.0. The minimum Gasteiger partial charge on any atom is -0.480 e. The van der Waals surface area contributed by atoms with Crippen molar-refractivity contribution in [2.45, 2.75) is 158 Å². The number of hydrogen-bond acceptors (Lipinski definition) is 5. The lowest BCUT2D eigenvalue weighted by molar-refractivity contribution is -0.212. The Hall–Kier alpha value is -2.38. The van der Waals surface area contributed by atoms with E-state index >= 15 is 0 Å². The second-order valence-corrected chi connectivity index (χ2v) is 18.8. The summed E-state index contributed by atoms with van der Waals surface area (Å²) >= 11 is 0. The summed E-state index contributed by atoms with van der Waals surface area (Å²) in [4.78, 5) is 49.3. The Morgan fingerprint density at radius 3 is 2.27 bits per heavy atom. The molecule has 0 aromatic heterocycles. The van der Waals surface area contributed by atoms with E-state index in [1.807, 2.05) is 6.92 Å². The molecule has 2 amide bonds. The van der Waals surface area contributed by atoms with Crippen LogP contribution < -0.4 is 10.6 Å². The number of carboxylic acid groups (broad SMARTS) is 1. The highest BCUT2D eigenvalue weighted by Crippen LogP contribution is 2.75. The minimum absolute atomic E-state index is 0.0192. The lowest BCUT2D eigenvalue weighted by Crippen LogP contribution is -2.65. The predicted octanol–water partition coefficient (Wildman–Crippen LogP) is 7.99. The molecule has 0 heterocycles. The number of carboxylic acids is 1. The molecule has 3 N–H and O–H groups in total. The SMILES string of the molecule is CCC(=O)O[C@H]1CC[C@]2(C)[C@H]3CC=C4[C@@H]5CC(C)(C)CC[C@]5(C(=O)NCCCCCC(=O)NCC(=O)O)CC[C@@]4(C)[C@]3(C)CC[C@H]2C1(C)C. The number of amides is 2. The Morgan fingerprint density at radius 1 is 0.857 bits per heavy atom. The van der Waals surface area contributed by atoms with Crippen LogP contribution >= 0.6 is 0 Å². The van der Waals surface area contributed by atoms with E-state index in [4.69, 9.17) is 9.84 Å². The highest BCUT2D eigenvalue weighted by molar-refractivity contribution is 5.84. The summed E-state index contributed by atoms with van der Waals surface area (Å²) in [6, 6.07) is 0. The number of carbonyl (C=O) groups excluding carboxylic acids is 3. The van der Waals surface area contributed by atoms with Gasteiger partial charge in [0.2, 0.25) is 11.8 Å². The summed E-state index contributed by atoms with van der Waals surface area (Å²) in [6.07, 6.45) is 16.1. The molecule has 0 radical (unpaired) electrons. The molecule has 4 saturated carbocycles. The average Bonchev–Trinajstić information content (AvgIpc) is 3.02. The van der Waals surface area contributed by atoms with Gasteiger partial charge in [-0.15, -0.1) is 0 Å². The van der Waals surface area contributed by atoms with E-state index in [2.05, 4.69) is 65.2 Å². The number of esters is 1. The van der Waals surface area contributed by atoms with E-state index in [0.29, 0.717) is 37.6 Å². The number of hydrogen-bond donors (Lipinski definition) is 3. The van der Waals surface area contributed by atoms with Crippen LogP contribution in [0.4, 0.5) is 0 Å². The van der Waals surface area contributed by atoms with Crippen molar-refractivity contribution in [1.29, 1.82) is 0 Å². The van der Waals surface area contributed by atoms with Crippen molar-refractivity contribution in [1.82, 2.24) is 10.6 Å².